The summed E-state index contributed by atoms with van der Waals surface area (Å²) in [4.78, 5) is 27.0. The number of benzene rings is 1. The highest BCUT2D eigenvalue weighted by atomic mass is 16.2. The lowest BCUT2D eigenvalue weighted by Crippen LogP contribution is -2.51. The molecule has 30 heavy (non-hydrogen) atoms. The standard InChI is InChI=1S/C21H29N7O2/c1-15-13-16(7-8-19(15)28-14-22-25-26-28)20(29)27-11-9-18(10-12-27)24-21(30)23-17-5-3-2-4-6-17/h7-8,13-14,17-18H,2-6,9-12H2,1H3,(H2,23,24,30). The van der Waals surface area contributed by atoms with Gasteiger partial charge in [-0.1, -0.05) is 19.3 Å². The molecule has 1 aromatic heterocycles. The van der Waals surface area contributed by atoms with Crippen LogP contribution in [0.1, 0.15) is 60.9 Å². The van der Waals surface area contributed by atoms with Gasteiger partial charge in [0.2, 0.25) is 0 Å². The summed E-state index contributed by atoms with van der Waals surface area (Å²) < 4.78 is 1.58. The second-order valence-electron chi connectivity index (χ2n) is 8.27. The number of aromatic nitrogens is 4. The summed E-state index contributed by atoms with van der Waals surface area (Å²) in [6, 6.07) is 5.90. The van der Waals surface area contributed by atoms with Crippen LogP contribution in [0.2, 0.25) is 0 Å². The fourth-order valence-electron chi connectivity index (χ4n) is 4.39. The first-order chi connectivity index (χ1) is 14.6. The number of carbonyl (C=O) groups is 2. The number of amides is 3. The van der Waals surface area contributed by atoms with Crippen molar-refractivity contribution in [1.82, 2.24) is 35.7 Å². The molecule has 2 aliphatic rings. The van der Waals surface area contributed by atoms with E-state index < -0.39 is 0 Å². The number of urea groups is 1. The van der Waals surface area contributed by atoms with Crippen LogP contribution in [-0.4, -0.2) is 62.2 Å². The van der Waals surface area contributed by atoms with Gasteiger partial charge in [0, 0.05) is 30.7 Å². The Hall–Kier alpha value is -2.97. The first-order valence-electron chi connectivity index (χ1n) is 10.8. The first-order valence-corrected chi connectivity index (χ1v) is 10.8. The van der Waals surface area contributed by atoms with E-state index in [2.05, 4.69) is 26.2 Å². The Morgan fingerprint density at radius 3 is 2.33 bits per heavy atom. The molecule has 0 atom stereocenters. The average Bonchev–Trinajstić information content (AvgIpc) is 3.29. The fraction of sp³-hybridized carbons (Fsp3) is 0.571. The van der Waals surface area contributed by atoms with E-state index in [9.17, 15) is 9.59 Å². The molecular formula is C21H29N7O2. The largest absolute Gasteiger partial charge is 0.338 e. The van der Waals surface area contributed by atoms with Gasteiger partial charge in [0.05, 0.1) is 5.69 Å². The van der Waals surface area contributed by atoms with E-state index in [1.165, 1.54) is 25.6 Å². The normalized spacial score (nSPS) is 18.2. The van der Waals surface area contributed by atoms with Crippen LogP contribution in [0.25, 0.3) is 5.69 Å². The molecule has 0 bridgehead atoms. The third kappa shape index (κ3) is 4.77. The summed E-state index contributed by atoms with van der Waals surface area (Å²) in [5, 5.41) is 17.4. The van der Waals surface area contributed by atoms with Gasteiger partial charge in [-0.15, -0.1) is 5.10 Å². The van der Waals surface area contributed by atoms with Crippen molar-refractivity contribution in [2.45, 2.75) is 64.0 Å². The molecule has 2 fully saturated rings. The third-order valence-corrected chi connectivity index (χ3v) is 6.10. The highest BCUT2D eigenvalue weighted by Gasteiger charge is 2.25. The number of piperidine rings is 1. The number of nitrogens with one attached hydrogen (secondary N) is 2. The Labute approximate surface area is 176 Å². The Morgan fingerprint density at radius 2 is 1.70 bits per heavy atom. The molecule has 4 rings (SSSR count). The van der Waals surface area contributed by atoms with Crippen LogP contribution in [0, 0.1) is 6.92 Å². The molecule has 2 heterocycles. The molecule has 2 aromatic rings. The predicted molar refractivity (Wildman–Crippen MR) is 111 cm³/mol. The second-order valence-corrected chi connectivity index (χ2v) is 8.27. The molecule has 160 valence electrons. The van der Waals surface area contributed by atoms with Crippen LogP contribution >= 0.6 is 0 Å². The molecule has 1 aliphatic carbocycles. The van der Waals surface area contributed by atoms with Gasteiger partial charge in [-0.3, -0.25) is 4.79 Å². The zero-order valence-corrected chi connectivity index (χ0v) is 17.4. The van der Waals surface area contributed by atoms with E-state index in [1.54, 1.807) is 4.68 Å². The van der Waals surface area contributed by atoms with E-state index in [1.807, 2.05) is 30.0 Å². The zero-order valence-electron chi connectivity index (χ0n) is 17.4. The monoisotopic (exact) mass is 411 g/mol. The number of likely N-dealkylation sites (tertiary alicyclic amines) is 1. The summed E-state index contributed by atoms with van der Waals surface area (Å²) in [6.07, 6.45) is 8.89. The van der Waals surface area contributed by atoms with E-state index in [-0.39, 0.29) is 18.0 Å². The van der Waals surface area contributed by atoms with Crippen molar-refractivity contribution >= 4 is 11.9 Å². The predicted octanol–water partition coefficient (Wildman–Crippen LogP) is 2.21. The van der Waals surface area contributed by atoms with Crippen LogP contribution in [0.5, 0.6) is 0 Å². The fourth-order valence-corrected chi connectivity index (χ4v) is 4.39. The Balaban J connectivity index is 1.28. The maximum Gasteiger partial charge on any atom is 0.315 e. The lowest BCUT2D eigenvalue weighted by Gasteiger charge is -2.33. The summed E-state index contributed by atoms with van der Waals surface area (Å²) in [6.45, 7) is 3.22. The molecule has 1 saturated carbocycles. The van der Waals surface area contributed by atoms with E-state index in [4.69, 9.17) is 0 Å². The maximum absolute atomic E-state index is 12.9. The summed E-state index contributed by atoms with van der Waals surface area (Å²) in [5.74, 6) is 0.0199. The minimum Gasteiger partial charge on any atom is -0.338 e. The number of hydrogen-bond donors (Lipinski definition) is 2. The minimum atomic E-state index is -0.0690. The summed E-state index contributed by atoms with van der Waals surface area (Å²) in [7, 11) is 0. The van der Waals surface area contributed by atoms with Gasteiger partial charge in [0.1, 0.15) is 6.33 Å². The van der Waals surface area contributed by atoms with Crippen molar-refractivity contribution in [1.29, 1.82) is 0 Å². The lowest BCUT2D eigenvalue weighted by molar-refractivity contribution is 0.0708. The number of rotatable bonds is 4. The van der Waals surface area contributed by atoms with Gasteiger partial charge in [-0.25, -0.2) is 9.48 Å². The number of tetrazole rings is 1. The minimum absolute atomic E-state index is 0.0199. The van der Waals surface area contributed by atoms with Crippen molar-refractivity contribution in [2.75, 3.05) is 13.1 Å². The molecule has 0 spiro atoms. The Kier molecular flexibility index (Phi) is 6.25. The molecule has 3 amide bonds. The molecule has 9 nitrogen and oxygen atoms in total. The molecule has 1 aliphatic heterocycles. The van der Waals surface area contributed by atoms with Crippen molar-refractivity contribution in [3.8, 4) is 5.69 Å². The van der Waals surface area contributed by atoms with Crippen molar-refractivity contribution in [3.05, 3.63) is 35.7 Å². The zero-order chi connectivity index (χ0) is 20.9. The summed E-state index contributed by atoms with van der Waals surface area (Å²) in [5.41, 5.74) is 2.44. The number of carbonyl (C=O) groups excluding carboxylic acids is 2. The van der Waals surface area contributed by atoms with Gasteiger partial charge in [-0.05, 0) is 66.8 Å². The number of aryl methyl sites for hydroxylation is 1. The molecule has 1 saturated heterocycles. The molecular weight excluding hydrogens is 382 g/mol. The Morgan fingerprint density at radius 1 is 1.00 bits per heavy atom. The lowest BCUT2D eigenvalue weighted by atomic mass is 9.96. The average molecular weight is 412 g/mol. The molecule has 2 N–H and O–H groups in total. The van der Waals surface area contributed by atoms with E-state index in [0.29, 0.717) is 24.7 Å². The molecule has 9 heteroatoms. The molecule has 0 unspecified atom stereocenters. The van der Waals surface area contributed by atoms with Crippen LogP contribution in [0.3, 0.4) is 0 Å². The molecule has 0 radical (unpaired) electrons. The van der Waals surface area contributed by atoms with Crippen molar-refractivity contribution in [2.24, 2.45) is 0 Å². The quantitative estimate of drug-likeness (QED) is 0.803. The van der Waals surface area contributed by atoms with Crippen LogP contribution in [0.4, 0.5) is 4.79 Å². The Bertz CT molecular complexity index is 869. The van der Waals surface area contributed by atoms with Gasteiger partial charge in [0.25, 0.3) is 5.91 Å². The topological polar surface area (TPSA) is 105 Å². The van der Waals surface area contributed by atoms with Gasteiger partial charge >= 0.3 is 6.03 Å². The SMILES string of the molecule is Cc1cc(C(=O)N2CCC(NC(=O)NC3CCCCC3)CC2)ccc1-n1cnnn1. The van der Waals surface area contributed by atoms with Crippen molar-refractivity contribution < 1.29 is 9.59 Å². The summed E-state index contributed by atoms with van der Waals surface area (Å²) >= 11 is 0. The van der Waals surface area contributed by atoms with Crippen LogP contribution < -0.4 is 10.6 Å². The van der Waals surface area contributed by atoms with Gasteiger partial charge < -0.3 is 15.5 Å². The highest BCUT2D eigenvalue weighted by molar-refractivity contribution is 5.94. The van der Waals surface area contributed by atoms with Gasteiger partial charge in [0.15, 0.2) is 0 Å². The first kappa shape index (κ1) is 20.3. The van der Waals surface area contributed by atoms with Crippen LogP contribution in [0.15, 0.2) is 24.5 Å². The number of hydrogen-bond acceptors (Lipinski definition) is 5. The molecule has 1 aromatic carbocycles. The van der Waals surface area contributed by atoms with Crippen LogP contribution in [-0.2, 0) is 0 Å². The maximum atomic E-state index is 12.9. The third-order valence-electron chi connectivity index (χ3n) is 6.10. The van der Waals surface area contributed by atoms with E-state index >= 15 is 0 Å². The highest BCUT2D eigenvalue weighted by Crippen LogP contribution is 2.19. The number of nitrogens with zero attached hydrogens (tertiary/aromatic N) is 5. The second kappa shape index (κ2) is 9.23. The van der Waals surface area contributed by atoms with Crippen molar-refractivity contribution in [3.63, 3.8) is 0 Å². The van der Waals surface area contributed by atoms with E-state index in [0.717, 1.165) is 36.9 Å². The van der Waals surface area contributed by atoms with Gasteiger partial charge in [-0.2, -0.15) is 0 Å². The smallest absolute Gasteiger partial charge is 0.315 e.